The fourth-order valence-corrected chi connectivity index (χ4v) is 8.83. The normalized spacial score (nSPS) is 18.8. The Bertz CT molecular complexity index is 1090. The third-order valence-electron chi connectivity index (χ3n) is 6.56. The van der Waals surface area contributed by atoms with Gasteiger partial charge in [0.05, 0.1) is 44.9 Å². The van der Waals surface area contributed by atoms with Crippen molar-refractivity contribution in [3.8, 4) is 0 Å². The highest BCUT2D eigenvalue weighted by Crippen LogP contribution is 2.59. The van der Waals surface area contributed by atoms with Crippen LogP contribution in [-0.2, 0) is 31.8 Å². The smallest absolute Gasteiger partial charge is 0.0700 e. The van der Waals surface area contributed by atoms with E-state index in [4.69, 9.17) is 18.9 Å². The number of thioether (sulfide) groups is 1. The molecule has 2 aromatic heterocycles. The highest BCUT2D eigenvalue weighted by Gasteiger charge is 2.37. The highest BCUT2D eigenvalue weighted by atomic mass is 32.2. The second-order valence-corrected chi connectivity index (χ2v) is 12.6. The Kier molecular flexibility index (Phi) is 11.5. The van der Waals surface area contributed by atoms with Crippen LogP contribution in [0.1, 0.15) is 49.7 Å². The van der Waals surface area contributed by atoms with Gasteiger partial charge in [-0.1, -0.05) is 24.3 Å². The van der Waals surface area contributed by atoms with E-state index >= 15 is 0 Å². The number of rotatable bonds is 16. The average molecular weight is 561 g/mol. The van der Waals surface area contributed by atoms with Gasteiger partial charge < -0.3 is 18.9 Å². The second-order valence-electron chi connectivity index (χ2n) is 9.18. The third kappa shape index (κ3) is 7.69. The van der Waals surface area contributed by atoms with E-state index < -0.39 is 0 Å². The zero-order valence-corrected chi connectivity index (χ0v) is 25.0. The molecule has 0 radical (unpaired) electrons. The van der Waals surface area contributed by atoms with E-state index in [2.05, 4.69) is 50.3 Å². The average Bonchev–Trinajstić information content (AvgIpc) is 3.58. The predicted molar refractivity (Wildman–Crippen MR) is 159 cm³/mol. The number of hydrogen-bond acceptors (Lipinski definition) is 7. The molecular formula is C30H40O4S3. The van der Waals surface area contributed by atoms with Gasteiger partial charge in [-0.25, -0.2) is 0 Å². The summed E-state index contributed by atoms with van der Waals surface area (Å²) in [5.74, 6) is 0.422. The molecule has 4 rings (SSSR count). The van der Waals surface area contributed by atoms with Crippen molar-refractivity contribution in [2.45, 2.75) is 45.8 Å². The molecule has 202 valence electrons. The maximum atomic E-state index is 5.79. The zero-order valence-electron chi connectivity index (χ0n) is 22.5. The van der Waals surface area contributed by atoms with Crippen molar-refractivity contribution in [2.75, 3.05) is 52.9 Å². The monoisotopic (exact) mass is 560 g/mol. The number of fused-ring (bicyclic) bond motifs is 1. The maximum Gasteiger partial charge on any atom is 0.0700 e. The summed E-state index contributed by atoms with van der Waals surface area (Å²) in [6, 6.07) is 4.79. The molecule has 1 aliphatic carbocycles. The summed E-state index contributed by atoms with van der Waals surface area (Å²) in [6.07, 6.45) is 11.0. The molecule has 2 unspecified atom stereocenters. The van der Waals surface area contributed by atoms with E-state index in [1.54, 1.807) is 0 Å². The molecular weight excluding hydrogens is 521 g/mol. The van der Waals surface area contributed by atoms with Gasteiger partial charge in [-0.3, -0.25) is 0 Å². The van der Waals surface area contributed by atoms with E-state index in [0.717, 1.165) is 39.3 Å². The first-order valence-corrected chi connectivity index (χ1v) is 15.9. The number of allylic oxidation sites excluding steroid dienone is 5. The second kappa shape index (κ2) is 14.8. The summed E-state index contributed by atoms with van der Waals surface area (Å²) in [4.78, 5) is 7.18. The minimum absolute atomic E-state index is 0.422. The van der Waals surface area contributed by atoms with Crippen LogP contribution in [0.15, 0.2) is 42.0 Å². The summed E-state index contributed by atoms with van der Waals surface area (Å²) in [7, 11) is 0. The number of aryl methyl sites for hydroxylation is 2. The Morgan fingerprint density at radius 3 is 2.03 bits per heavy atom. The Morgan fingerprint density at radius 1 is 0.730 bits per heavy atom. The Hall–Kier alpha value is -1.19. The standard InChI is InChI=1S/C30H40O4S3/c1-5-31-15-17-33-13-11-25-21(3)19-27(35-25)29-23-9-7-8-10-24(23)30(37-29)28-20-22(4)26(36-28)12-14-34-18-16-32-6-2/h7-10,19-20,23,29H,5-6,11-18H2,1-4H3. The van der Waals surface area contributed by atoms with Crippen LogP contribution in [0, 0.1) is 19.8 Å². The van der Waals surface area contributed by atoms with Crippen LogP contribution >= 0.6 is 34.4 Å². The van der Waals surface area contributed by atoms with Crippen molar-refractivity contribution in [1.82, 2.24) is 0 Å². The van der Waals surface area contributed by atoms with Gasteiger partial charge >= 0.3 is 0 Å². The Balaban J connectivity index is 1.41. The lowest BCUT2D eigenvalue weighted by atomic mass is 9.90. The lowest BCUT2D eigenvalue weighted by molar-refractivity contribution is 0.0542. The van der Waals surface area contributed by atoms with Gasteiger partial charge in [-0.15, -0.1) is 34.4 Å². The molecule has 7 heteroatoms. The number of thiophene rings is 2. The summed E-state index contributed by atoms with van der Waals surface area (Å²) in [5, 5.41) is 0.426. The molecule has 0 saturated carbocycles. The maximum absolute atomic E-state index is 5.79. The van der Waals surface area contributed by atoms with Crippen molar-refractivity contribution in [2.24, 2.45) is 5.92 Å². The molecule has 4 nitrogen and oxygen atoms in total. The van der Waals surface area contributed by atoms with Crippen LogP contribution in [-0.4, -0.2) is 52.9 Å². The summed E-state index contributed by atoms with van der Waals surface area (Å²) in [5.41, 5.74) is 4.22. The Labute approximate surface area is 234 Å². The van der Waals surface area contributed by atoms with E-state index in [1.807, 2.05) is 48.3 Å². The van der Waals surface area contributed by atoms with Crippen LogP contribution in [0.3, 0.4) is 0 Å². The Morgan fingerprint density at radius 2 is 1.35 bits per heavy atom. The number of hydrogen-bond donors (Lipinski definition) is 0. The topological polar surface area (TPSA) is 36.9 Å². The molecule has 1 aliphatic heterocycles. The first-order valence-electron chi connectivity index (χ1n) is 13.4. The van der Waals surface area contributed by atoms with Crippen molar-refractivity contribution in [1.29, 1.82) is 0 Å². The summed E-state index contributed by atoms with van der Waals surface area (Å²) >= 11 is 5.94. The summed E-state index contributed by atoms with van der Waals surface area (Å²) in [6.45, 7) is 14.2. The lowest BCUT2D eigenvalue weighted by Gasteiger charge is -2.17. The summed E-state index contributed by atoms with van der Waals surface area (Å²) < 4.78 is 22.3. The van der Waals surface area contributed by atoms with Crippen molar-refractivity contribution in [3.63, 3.8) is 0 Å². The van der Waals surface area contributed by atoms with Crippen molar-refractivity contribution < 1.29 is 18.9 Å². The van der Waals surface area contributed by atoms with Gasteiger partial charge in [-0.05, 0) is 56.5 Å². The van der Waals surface area contributed by atoms with Crippen molar-refractivity contribution in [3.05, 3.63) is 72.6 Å². The van der Waals surface area contributed by atoms with Crippen LogP contribution in [0.25, 0.3) is 4.91 Å². The molecule has 0 amide bonds. The highest BCUT2D eigenvalue weighted by molar-refractivity contribution is 8.09. The molecule has 2 aliphatic rings. The van der Waals surface area contributed by atoms with Gasteiger partial charge in [0, 0.05) is 56.4 Å². The van der Waals surface area contributed by atoms with E-state index in [1.165, 1.54) is 41.1 Å². The molecule has 2 aromatic rings. The molecule has 0 bridgehead atoms. The lowest BCUT2D eigenvalue weighted by Crippen LogP contribution is -2.06. The molecule has 37 heavy (non-hydrogen) atoms. The largest absolute Gasteiger partial charge is 0.379 e. The third-order valence-corrected chi connectivity index (χ3v) is 11.0. The van der Waals surface area contributed by atoms with Gasteiger partial charge in [0.15, 0.2) is 0 Å². The first kappa shape index (κ1) is 28.8. The zero-order chi connectivity index (χ0) is 26.0. The minimum Gasteiger partial charge on any atom is -0.379 e. The minimum atomic E-state index is 0.422. The molecule has 0 spiro atoms. The molecule has 0 N–H and O–H groups in total. The molecule has 0 fully saturated rings. The van der Waals surface area contributed by atoms with E-state index in [0.29, 0.717) is 37.6 Å². The SMILES string of the molecule is CCOCCOCCc1sc(C2=C3C=CC=CC3C(c3cc(C)c(CCOCCOCC)s3)S2)cc1C. The van der Waals surface area contributed by atoms with Gasteiger partial charge in [0.25, 0.3) is 0 Å². The van der Waals surface area contributed by atoms with Crippen LogP contribution in [0.4, 0.5) is 0 Å². The fraction of sp³-hybridized carbons (Fsp3) is 0.533. The first-order chi connectivity index (χ1) is 18.1. The molecule has 3 heterocycles. The van der Waals surface area contributed by atoms with E-state index in [-0.39, 0.29) is 0 Å². The fourth-order valence-electron chi connectivity index (χ4n) is 4.63. The van der Waals surface area contributed by atoms with Crippen LogP contribution in [0.5, 0.6) is 0 Å². The van der Waals surface area contributed by atoms with Crippen LogP contribution < -0.4 is 0 Å². The van der Waals surface area contributed by atoms with Crippen molar-refractivity contribution >= 4 is 39.3 Å². The van der Waals surface area contributed by atoms with Gasteiger partial charge in [0.2, 0.25) is 0 Å². The molecule has 2 atom stereocenters. The van der Waals surface area contributed by atoms with Crippen LogP contribution in [0.2, 0.25) is 0 Å². The molecule has 0 saturated heterocycles. The van der Waals surface area contributed by atoms with Gasteiger partial charge in [0.1, 0.15) is 0 Å². The van der Waals surface area contributed by atoms with Gasteiger partial charge in [-0.2, -0.15) is 0 Å². The quantitative estimate of drug-likeness (QED) is 0.198. The predicted octanol–water partition coefficient (Wildman–Crippen LogP) is 7.56. The molecule has 0 aromatic carbocycles. The van der Waals surface area contributed by atoms with E-state index in [9.17, 15) is 0 Å². The number of ether oxygens (including phenoxy) is 4.